The summed E-state index contributed by atoms with van der Waals surface area (Å²) in [5, 5.41) is 7.62. The molecular formula is C17H23N3O3. The molecule has 0 saturated heterocycles. The molecule has 0 atom stereocenters. The maximum absolute atomic E-state index is 12.6. The van der Waals surface area contributed by atoms with E-state index in [2.05, 4.69) is 15.5 Å². The fraction of sp³-hybridized carbons (Fsp3) is 0.588. The lowest BCUT2D eigenvalue weighted by atomic mass is 10.1. The lowest BCUT2D eigenvalue weighted by molar-refractivity contribution is 0.0757. The summed E-state index contributed by atoms with van der Waals surface area (Å²) in [5.41, 5.74) is 2.70. The zero-order valence-electron chi connectivity index (χ0n) is 13.9. The molecule has 0 unspecified atom stereocenters. The van der Waals surface area contributed by atoms with Crippen LogP contribution in [0.5, 0.6) is 0 Å². The van der Waals surface area contributed by atoms with Crippen molar-refractivity contribution in [2.75, 3.05) is 13.2 Å². The zero-order chi connectivity index (χ0) is 16.4. The SMILES string of the molecule is Cc1noc2nc(C3CC3)cc(C(=O)NCCCOC(C)C)c12. The molecule has 0 aliphatic heterocycles. The van der Waals surface area contributed by atoms with Crippen LogP contribution in [0.3, 0.4) is 0 Å². The van der Waals surface area contributed by atoms with E-state index in [1.54, 1.807) is 0 Å². The maximum atomic E-state index is 12.6. The van der Waals surface area contributed by atoms with Gasteiger partial charge in [-0.1, -0.05) is 5.16 Å². The van der Waals surface area contributed by atoms with Crippen molar-refractivity contribution in [3.63, 3.8) is 0 Å². The molecule has 0 spiro atoms. The highest BCUT2D eigenvalue weighted by Crippen LogP contribution is 2.40. The predicted molar refractivity (Wildman–Crippen MR) is 86.6 cm³/mol. The minimum atomic E-state index is -0.102. The number of aryl methyl sites for hydroxylation is 1. The molecule has 1 N–H and O–H groups in total. The molecule has 124 valence electrons. The van der Waals surface area contributed by atoms with Crippen molar-refractivity contribution in [1.29, 1.82) is 0 Å². The van der Waals surface area contributed by atoms with Gasteiger partial charge in [-0.2, -0.15) is 0 Å². The number of ether oxygens (including phenoxy) is 1. The number of nitrogens with zero attached hydrogens (tertiary/aromatic N) is 2. The molecule has 3 rings (SSSR count). The lowest BCUT2D eigenvalue weighted by Crippen LogP contribution is -2.26. The van der Waals surface area contributed by atoms with Gasteiger partial charge in [0, 0.05) is 24.8 Å². The van der Waals surface area contributed by atoms with E-state index in [1.807, 2.05) is 26.8 Å². The van der Waals surface area contributed by atoms with E-state index in [0.29, 0.717) is 41.4 Å². The number of pyridine rings is 1. The number of carbonyl (C=O) groups is 1. The molecule has 2 aromatic rings. The molecule has 2 aromatic heterocycles. The van der Waals surface area contributed by atoms with Gasteiger partial charge in [-0.15, -0.1) is 0 Å². The van der Waals surface area contributed by atoms with Gasteiger partial charge in [-0.05, 0) is 46.1 Å². The summed E-state index contributed by atoms with van der Waals surface area (Å²) in [6.45, 7) is 7.06. The molecular weight excluding hydrogens is 294 g/mol. The Hall–Kier alpha value is -1.95. The monoisotopic (exact) mass is 317 g/mol. The second-order valence-corrected chi connectivity index (χ2v) is 6.35. The van der Waals surface area contributed by atoms with Crippen molar-refractivity contribution < 1.29 is 14.1 Å². The number of aromatic nitrogens is 2. The van der Waals surface area contributed by atoms with Crippen LogP contribution in [0, 0.1) is 6.92 Å². The Labute approximate surface area is 135 Å². The molecule has 6 heteroatoms. The highest BCUT2D eigenvalue weighted by molar-refractivity contribution is 6.06. The van der Waals surface area contributed by atoms with Gasteiger partial charge in [0.15, 0.2) is 0 Å². The summed E-state index contributed by atoms with van der Waals surface area (Å²) in [6, 6.07) is 1.89. The first-order valence-corrected chi connectivity index (χ1v) is 8.23. The Kier molecular flexibility index (Phi) is 4.61. The van der Waals surface area contributed by atoms with Crippen molar-refractivity contribution in [1.82, 2.24) is 15.5 Å². The molecule has 23 heavy (non-hydrogen) atoms. The van der Waals surface area contributed by atoms with Crippen LogP contribution in [-0.4, -0.2) is 35.3 Å². The standard InChI is InChI=1S/C17H23N3O3/c1-10(2)22-8-4-7-18-16(21)13-9-14(12-5-6-12)19-17-15(13)11(3)20-23-17/h9-10,12H,4-8H2,1-3H3,(H,18,21). The largest absolute Gasteiger partial charge is 0.379 e. The molecule has 1 fully saturated rings. The van der Waals surface area contributed by atoms with Crippen LogP contribution in [0.1, 0.15) is 60.8 Å². The van der Waals surface area contributed by atoms with Gasteiger partial charge >= 0.3 is 0 Å². The predicted octanol–water partition coefficient (Wildman–Crippen LogP) is 2.95. The summed E-state index contributed by atoms with van der Waals surface area (Å²) in [6.07, 6.45) is 3.25. The van der Waals surface area contributed by atoms with E-state index in [4.69, 9.17) is 9.26 Å². The highest BCUT2D eigenvalue weighted by Gasteiger charge is 2.28. The fourth-order valence-corrected chi connectivity index (χ4v) is 2.57. The van der Waals surface area contributed by atoms with Gasteiger partial charge in [0.05, 0.1) is 22.7 Å². The lowest BCUT2D eigenvalue weighted by Gasteiger charge is -2.09. The summed E-state index contributed by atoms with van der Waals surface area (Å²) in [5.74, 6) is 0.353. The maximum Gasteiger partial charge on any atom is 0.259 e. The fourth-order valence-electron chi connectivity index (χ4n) is 2.57. The van der Waals surface area contributed by atoms with Crippen LogP contribution in [0.4, 0.5) is 0 Å². The Balaban J connectivity index is 1.72. The quantitative estimate of drug-likeness (QED) is 0.794. The van der Waals surface area contributed by atoms with Crippen molar-refractivity contribution in [2.45, 2.75) is 52.1 Å². The first-order valence-electron chi connectivity index (χ1n) is 8.23. The van der Waals surface area contributed by atoms with Crippen LogP contribution >= 0.6 is 0 Å². The van der Waals surface area contributed by atoms with Gasteiger partial charge in [-0.3, -0.25) is 4.79 Å². The Morgan fingerprint density at radius 3 is 2.96 bits per heavy atom. The van der Waals surface area contributed by atoms with Gasteiger partial charge in [-0.25, -0.2) is 4.98 Å². The van der Waals surface area contributed by atoms with Crippen molar-refractivity contribution >= 4 is 17.0 Å². The molecule has 1 aliphatic rings. The van der Waals surface area contributed by atoms with E-state index in [9.17, 15) is 4.79 Å². The van der Waals surface area contributed by atoms with Gasteiger partial charge < -0.3 is 14.6 Å². The zero-order valence-corrected chi connectivity index (χ0v) is 13.9. The average Bonchev–Trinajstić information content (AvgIpc) is 3.30. The summed E-state index contributed by atoms with van der Waals surface area (Å²) in [7, 11) is 0. The number of hydrogen-bond acceptors (Lipinski definition) is 5. The third kappa shape index (κ3) is 3.69. The molecule has 0 aromatic carbocycles. The van der Waals surface area contributed by atoms with Crippen LogP contribution in [-0.2, 0) is 4.74 Å². The van der Waals surface area contributed by atoms with Crippen LogP contribution in [0.25, 0.3) is 11.1 Å². The number of hydrogen-bond donors (Lipinski definition) is 1. The minimum Gasteiger partial charge on any atom is -0.379 e. The third-order valence-electron chi connectivity index (χ3n) is 3.94. The minimum absolute atomic E-state index is 0.102. The summed E-state index contributed by atoms with van der Waals surface area (Å²) in [4.78, 5) is 17.1. The smallest absolute Gasteiger partial charge is 0.259 e. The average molecular weight is 317 g/mol. The highest BCUT2D eigenvalue weighted by atomic mass is 16.5. The molecule has 1 saturated carbocycles. The summed E-state index contributed by atoms with van der Waals surface area (Å²) < 4.78 is 10.7. The Morgan fingerprint density at radius 2 is 2.26 bits per heavy atom. The van der Waals surface area contributed by atoms with Crippen molar-refractivity contribution in [2.24, 2.45) is 0 Å². The van der Waals surface area contributed by atoms with Gasteiger partial charge in [0.1, 0.15) is 0 Å². The van der Waals surface area contributed by atoms with E-state index >= 15 is 0 Å². The normalized spacial score (nSPS) is 14.6. The topological polar surface area (TPSA) is 77.2 Å². The second-order valence-electron chi connectivity index (χ2n) is 6.35. The molecule has 6 nitrogen and oxygen atoms in total. The van der Waals surface area contributed by atoms with E-state index in [0.717, 1.165) is 25.0 Å². The van der Waals surface area contributed by atoms with E-state index in [-0.39, 0.29) is 12.0 Å². The number of amides is 1. The van der Waals surface area contributed by atoms with E-state index in [1.165, 1.54) is 0 Å². The Morgan fingerprint density at radius 1 is 1.48 bits per heavy atom. The summed E-state index contributed by atoms with van der Waals surface area (Å²) >= 11 is 0. The number of nitrogens with one attached hydrogen (secondary N) is 1. The number of fused-ring (bicyclic) bond motifs is 1. The number of carbonyl (C=O) groups excluding carboxylic acids is 1. The third-order valence-corrected chi connectivity index (χ3v) is 3.94. The molecule has 1 amide bonds. The molecule has 1 aliphatic carbocycles. The van der Waals surface area contributed by atoms with Crippen LogP contribution < -0.4 is 5.32 Å². The van der Waals surface area contributed by atoms with Crippen molar-refractivity contribution in [3.05, 3.63) is 23.0 Å². The van der Waals surface area contributed by atoms with Gasteiger partial charge in [0.25, 0.3) is 11.6 Å². The van der Waals surface area contributed by atoms with Crippen LogP contribution in [0.15, 0.2) is 10.6 Å². The first-order chi connectivity index (χ1) is 11.1. The first kappa shape index (κ1) is 15.9. The van der Waals surface area contributed by atoms with Gasteiger partial charge in [0.2, 0.25) is 0 Å². The molecule has 2 heterocycles. The number of rotatable bonds is 7. The van der Waals surface area contributed by atoms with Crippen LogP contribution in [0.2, 0.25) is 0 Å². The molecule has 0 bridgehead atoms. The van der Waals surface area contributed by atoms with E-state index < -0.39 is 0 Å². The Bertz CT molecular complexity index is 704. The molecule has 0 radical (unpaired) electrons. The second kappa shape index (κ2) is 6.66. The van der Waals surface area contributed by atoms with Crippen molar-refractivity contribution in [3.8, 4) is 0 Å².